The van der Waals surface area contributed by atoms with Gasteiger partial charge >= 0.3 is 5.97 Å². The number of ketones is 1. The molecule has 0 amide bonds. The van der Waals surface area contributed by atoms with Crippen LogP contribution in [-0.4, -0.2) is 30.1 Å². The highest BCUT2D eigenvalue weighted by molar-refractivity contribution is 5.99. The van der Waals surface area contributed by atoms with Gasteiger partial charge in [0.25, 0.3) is 0 Å². The molecule has 4 aliphatic rings. The van der Waals surface area contributed by atoms with Gasteiger partial charge in [0.05, 0.1) is 13.2 Å². The Morgan fingerprint density at radius 3 is 2.52 bits per heavy atom. The molecule has 0 aromatic rings. The number of methoxy groups -OCH3 is 1. The van der Waals surface area contributed by atoms with Gasteiger partial charge in [-0.2, -0.15) is 0 Å². The summed E-state index contributed by atoms with van der Waals surface area (Å²) in [6, 6.07) is 0. The highest BCUT2D eigenvalue weighted by Gasteiger charge is 2.64. The Hall–Kier alpha value is -1.16. The average molecular weight is 431 g/mol. The van der Waals surface area contributed by atoms with Gasteiger partial charge in [-0.15, -0.1) is 0 Å². The predicted molar refractivity (Wildman–Crippen MR) is 121 cm³/mol. The molecular weight excluding hydrogens is 388 g/mol. The van der Waals surface area contributed by atoms with E-state index in [9.17, 15) is 14.7 Å². The number of carbonyl (C=O) groups excluding carboxylic acids is 2. The van der Waals surface area contributed by atoms with Crippen LogP contribution in [0.4, 0.5) is 0 Å². The lowest BCUT2D eigenvalue weighted by Gasteiger charge is -2.61. The molecule has 9 atom stereocenters. The molecule has 31 heavy (non-hydrogen) atoms. The maximum absolute atomic E-state index is 13.9. The van der Waals surface area contributed by atoms with Crippen molar-refractivity contribution in [3.05, 3.63) is 11.6 Å². The minimum Gasteiger partial charge on any atom is -0.469 e. The van der Waals surface area contributed by atoms with Crippen LogP contribution in [0.2, 0.25) is 0 Å². The van der Waals surface area contributed by atoms with E-state index in [4.69, 9.17) is 4.74 Å². The van der Waals surface area contributed by atoms with Crippen molar-refractivity contribution in [3.63, 3.8) is 0 Å². The fraction of sp³-hybridized carbons (Fsp3) is 0.852. The number of hydrogen-bond acceptors (Lipinski definition) is 4. The zero-order valence-electron chi connectivity index (χ0n) is 20.2. The molecule has 0 saturated heterocycles. The first-order valence-electron chi connectivity index (χ1n) is 12.6. The van der Waals surface area contributed by atoms with Gasteiger partial charge in [-0.25, -0.2) is 0 Å². The molecule has 0 aliphatic heterocycles. The molecule has 1 N–H and O–H groups in total. The molecule has 4 fully saturated rings. The first-order chi connectivity index (χ1) is 14.7. The van der Waals surface area contributed by atoms with Crippen molar-refractivity contribution in [1.29, 1.82) is 0 Å². The van der Waals surface area contributed by atoms with Crippen molar-refractivity contribution in [1.82, 2.24) is 0 Å². The minimum absolute atomic E-state index is 0.117. The Kier molecular flexibility index (Phi) is 6.17. The second kappa shape index (κ2) is 8.32. The summed E-state index contributed by atoms with van der Waals surface area (Å²) < 4.78 is 4.87. The van der Waals surface area contributed by atoms with Crippen molar-refractivity contribution in [2.45, 2.75) is 91.6 Å². The number of fused-ring (bicyclic) bond motifs is 5. The number of aliphatic hydroxyl groups is 1. The van der Waals surface area contributed by atoms with Gasteiger partial charge in [0.2, 0.25) is 0 Å². The molecule has 4 heteroatoms. The molecule has 174 valence electrons. The van der Waals surface area contributed by atoms with E-state index >= 15 is 0 Å². The van der Waals surface area contributed by atoms with Crippen LogP contribution >= 0.6 is 0 Å². The van der Waals surface area contributed by atoms with E-state index in [-0.39, 0.29) is 34.7 Å². The summed E-state index contributed by atoms with van der Waals surface area (Å²) in [6.45, 7) is 9.18. The third-order valence-electron chi connectivity index (χ3n) is 10.5. The van der Waals surface area contributed by atoms with Crippen molar-refractivity contribution < 1.29 is 19.4 Å². The van der Waals surface area contributed by atoms with Gasteiger partial charge < -0.3 is 9.84 Å². The number of aliphatic hydroxyl groups excluding tert-OH is 1. The van der Waals surface area contributed by atoms with Crippen LogP contribution in [0.25, 0.3) is 0 Å². The highest BCUT2D eigenvalue weighted by Crippen LogP contribution is 2.68. The average Bonchev–Trinajstić information content (AvgIpc) is 3.10. The van der Waals surface area contributed by atoms with Crippen LogP contribution in [0.15, 0.2) is 11.6 Å². The highest BCUT2D eigenvalue weighted by atomic mass is 16.5. The molecule has 0 spiro atoms. The van der Waals surface area contributed by atoms with Gasteiger partial charge in [0.15, 0.2) is 5.78 Å². The second-order valence-corrected chi connectivity index (χ2v) is 11.7. The molecule has 0 bridgehead atoms. The number of ether oxygens (including phenoxy) is 1. The first-order valence-corrected chi connectivity index (χ1v) is 12.6. The standard InChI is InChI=1S/C27H42O4/c1-6-18-22-15-17(28)11-13-27(22,4)21-12-14-26(3)19(16(2)7-10-23(29)31-5)8-9-20(26)24(21)25(18)30/h6,16-17,19-22,24,28H,7-15H2,1-5H3/b18-6+/t16-,17+,19?,20-,21-,22-,24-,26+,27+/m0/s1. The van der Waals surface area contributed by atoms with Gasteiger partial charge in [0.1, 0.15) is 0 Å². The normalized spacial score (nSPS) is 46.8. The zero-order valence-corrected chi connectivity index (χ0v) is 20.2. The van der Waals surface area contributed by atoms with Crippen LogP contribution in [0.1, 0.15) is 85.5 Å². The van der Waals surface area contributed by atoms with E-state index in [0.717, 1.165) is 44.1 Å². The zero-order chi connectivity index (χ0) is 22.6. The molecule has 1 unspecified atom stereocenters. The molecule has 0 radical (unpaired) electrons. The van der Waals surface area contributed by atoms with Crippen molar-refractivity contribution in [3.8, 4) is 0 Å². The molecule has 0 aromatic carbocycles. The number of carbonyl (C=O) groups is 2. The smallest absolute Gasteiger partial charge is 0.305 e. The molecule has 4 saturated carbocycles. The van der Waals surface area contributed by atoms with Crippen molar-refractivity contribution >= 4 is 11.8 Å². The fourth-order valence-electron chi connectivity index (χ4n) is 8.81. The first kappa shape index (κ1) is 23.0. The maximum atomic E-state index is 13.9. The molecule has 0 heterocycles. The Bertz CT molecular complexity index is 756. The van der Waals surface area contributed by atoms with Gasteiger partial charge in [-0.3, -0.25) is 9.59 Å². The van der Waals surface area contributed by atoms with E-state index < -0.39 is 0 Å². The third kappa shape index (κ3) is 3.52. The number of Topliss-reactive ketones (excluding diaryl/α,β-unsaturated/α-hetero) is 1. The largest absolute Gasteiger partial charge is 0.469 e. The van der Waals surface area contributed by atoms with Crippen LogP contribution in [0.3, 0.4) is 0 Å². The second-order valence-electron chi connectivity index (χ2n) is 11.7. The van der Waals surface area contributed by atoms with Crippen molar-refractivity contribution in [2.24, 2.45) is 46.3 Å². The SMILES string of the molecule is C/C=C1/C(=O)[C@@H]2[C@H](CC[C@]3(C)C([C@@H](C)CCC(=O)OC)CC[C@@H]23)[C@@]2(C)CC[C@@H](O)C[C@@H]12. The maximum Gasteiger partial charge on any atom is 0.305 e. The Balaban J connectivity index is 1.61. The number of rotatable bonds is 4. The van der Waals surface area contributed by atoms with E-state index in [1.807, 2.05) is 6.92 Å². The molecular formula is C27H42O4. The Morgan fingerprint density at radius 1 is 1.16 bits per heavy atom. The van der Waals surface area contributed by atoms with E-state index in [1.54, 1.807) is 0 Å². The summed E-state index contributed by atoms with van der Waals surface area (Å²) in [5.74, 6) is 2.57. The fourth-order valence-corrected chi connectivity index (χ4v) is 8.81. The Labute approximate surface area is 188 Å². The topological polar surface area (TPSA) is 63.6 Å². The van der Waals surface area contributed by atoms with E-state index in [2.05, 4.69) is 26.8 Å². The van der Waals surface area contributed by atoms with Crippen LogP contribution in [0.5, 0.6) is 0 Å². The quantitative estimate of drug-likeness (QED) is 0.484. The van der Waals surface area contributed by atoms with Crippen molar-refractivity contribution in [2.75, 3.05) is 7.11 Å². The molecule has 4 nitrogen and oxygen atoms in total. The number of esters is 1. The summed E-state index contributed by atoms with van der Waals surface area (Å²) in [4.78, 5) is 25.6. The van der Waals surface area contributed by atoms with Gasteiger partial charge in [-0.05, 0) is 104 Å². The molecule has 4 aliphatic carbocycles. The van der Waals surface area contributed by atoms with Crippen LogP contribution < -0.4 is 0 Å². The lowest BCUT2D eigenvalue weighted by atomic mass is 9.43. The molecule has 0 aromatic heterocycles. The van der Waals surface area contributed by atoms with E-state index in [0.29, 0.717) is 35.9 Å². The summed E-state index contributed by atoms with van der Waals surface area (Å²) in [5.41, 5.74) is 1.33. The minimum atomic E-state index is -0.266. The lowest BCUT2D eigenvalue weighted by Crippen LogP contribution is -2.58. The summed E-state index contributed by atoms with van der Waals surface area (Å²) in [5, 5.41) is 10.4. The summed E-state index contributed by atoms with van der Waals surface area (Å²) in [6.07, 6.45) is 10.4. The van der Waals surface area contributed by atoms with Gasteiger partial charge in [0, 0.05) is 12.3 Å². The predicted octanol–water partition coefficient (Wildman–Crippen LogP) is 5.33. The van der Waals surface area contributed by atoms with E-state index in [1.165, 1.54) is 20.0 Å². The summed E-state index contributed by atoms with van der Waals surface area (Å²) >= 11 is 0. The monoisotopic (exact) mass is 430 g/mol. The molecule has 4 rings (SSSR count). The van der Waals surface area contributed by atoms with Crippen LogP contribution in [-0.2, 0) is 14.3 Å². The van der Waals surface area contributed by atoms with Crippen LogP contribution in [0, 0.1) is 46.3 Å². The Morgan fingerprint density at radius 2 is 1.84 bits per heavy atom. The third-order valence-corrected chi connectivity index (χ3v) is 10.5. The summed E-state index contributed by atoms with van der Waals surface area (Å²) in [7, 11) is 1.47. The number of hydrogen-bond donors (Lipinski definition) is 1. The number of allylic oxidation sites excluding steroid dienone is 2. The van der Waals surface area contributed by atoms with Gasteiger partial charge in [-0.1, -0.05) is 26.8 Å². The lowest BCUT2D eigenvalue weighted by molar-refractivity contribution is -0.150.